The maximum absolute atomic E-state index is 7.75. The topological polar surface area (TPSA) is 80.1 Å². The number of hydrogen-bond donors (Lipinski definition) is 0. The van der Waals surface area contributed by atoms with Crippen LogP contribution in [0.1, 0.15) is 0 Å². The van der Waals surface area contributed by atoms with Crippen LogP contribution in [0.4, 0.5) is 0 Å². The van der Waals surface area contributed by atoms with Crippen molar-refractivity contribution < 1.29 is 37.5 Å². The largest absolute Gasteiger partial charge is 0.545 e. The van der Waals surface area contributed by atoms with Gasteiger partial charge >= 0.3 is 0 Å². The molecule has 0 saturated heterocycles. The summed E-state index contributed by atoms with van der Waals surface area (Å²) in [7, 11) is 0. The van der Waals surface area contributed by atoms with Crippen LogP contribution in [0.15, 0.2) is 0 Å². The van der Waals surface area contributed by atoms with Gasteiger partial charge in [0.25, 0.3) is 0 Å². The predicted molar refractivity (Wildman–Crippen MR) is 14.0 cm³/mol. The van der Waals surface area contributed by atoms with Crippen molar-refractivity contribution >= 4 is 6.79 Å². The van der Waals surface area contributed by atoms with Crippen molar-refractivity contribution in [1.29, 1.82) is 0 Å². The first-order valence-electron chi connectivity index (χ1n) is 0.236. The minimum Gasteiger partial charge on any atom is -0.545 e. The molecule has 0 bridgehead atoms. The second kappa shape index (κ2) is 508. The number of rotatable bonds is 0. The Balaban J connectivity index is -0.00000000167. The Kier molecular flexibility index (Phi) is 5860. The zero-order valence-electron chi connectivity index (χ0n) is 2.49. The van der Waals surface area contributed by atoms with Gasteiger partial charge in [-0.3, -0.25) is 6.79 Å². The van der Waals surface area contributed by atoms with Crippen LogP contribution in [0.25, 0.3) is 0 Å². The maximum Gasteiger partial charge on any atom is 0 e. The summed E-state index contributed by atoms with van der Waals surface area (Å²) < 4.78 is 0. The van der Waals surface area contributed by atoms with Gasteiger partial charge in [0.15, 0.2) is 0 Å². The summed E-state index contributed by atoms with van der Waals surface area (Å²) in [4.78, 5) is 7.75. The van der Waals surface area contributed by atoms with Gasteiger partial charge in [0, 0.05) is 21.7 Å². The minimum atomic E-state index is 0. The summed E-state index contributed by atoms with van der Waals surface area (Å²) in [5.74, 6) is 0. The Morgan fingerprint density at radius 2 is 1.00 bits per heavy atom. The van der Waals surface area contributed by atoms with Crippen molar-refractivity contribution in [1.82, 2.24) is 0 Å². The molecular formula is CH5O3Ti-. The van der Waals surface area contributed by atoms with E-state index >= 15 is 0 Å². The molecule has 0 spiro atoms. The molecule has 5 heavy (non-hydrogen) atoms. The molecule has 0 aromatic carbocycles. The van der Waals surface area contributed by atoms with Crippen LogP contribution >= 0.6 is 0 Å². The summed E-state index contributed by atoms with van der Waals surface area (Å²) in [6.07, 6.45) is 0. The molecular weight excluding hydrogens is 108 g/mol. The quantitative estimate of drug-likeness (QED) is 0.204. The van der Waals surface area contributed by atoms with Gasteiger partial charge in [-0.25, -0.2) is 0 Å². The van der Waals surface area contributed by atoms with Crippen LogP contribution in [-0.2, 0) is 26.5 Å². The standard InChI is InChI=1S/CHO.2H2O.Ti/c1-2;;;/h1H;2*1H2;/q-1;;;. The Morgan fingerprint density at radius 3 is 1.00 bits per heavy atom. The van der Waals surface area contributed by atoms with Gasteiger partial charge in [0.05, 0.1) is 0 Å². The zero-order chi connectivity index (χ0) is 2.00. The van der Waals surface area contributed by atoms with E-state index in [1.54, 1.807) is 0 Å². The summed E-state index contributed by atoms with van der Waals surface area (Å²) >= 11 is 0. The first-order valence-corrected chi connectivity index (χ1v) is 0.236. The number of carbonyl (C=O) groups excluding carboxylic acids is 1. The molecule has 0 aliphatic heterocycles. The molecule has 0 aromatic rings. The third-order valence-electron chi connectivity index (χ3n) is 0. The Hall–Kier alpha value is 0.304. The van der Waals surface area contributed by atoms with E-state index in [-0.39, 0.29) is 32.7 Å². The predicted octanol–water partition coefficient (Wildman–Crippen LogP) is -1.93. The van der Waals surface area contributed by atoms with Gasteiger partial charge in [0.2, 0.25) is 0 Å². The van der Waals surface area contributed by atoms with Crippen LogP contribution < -0.4 is 0 Å². The van der Waals surface area contributed by atoms with E-state index < -0.39 is 0 Å². The smallest absolute Gasteiger partial charge is 0 e. The summed E-state index contributed by atoms with van der Waals surface area (Å²) in [6, 6.07) is 0. The fourth-order valence-electron chi connectivity index (χ4n) is 0. The first kappa shape index (κ1) is 57.8. The van der Waals surface area contributed by atoms with Gasteiger partial charge in [-0.2, -0.15) is 0 Å². The van der Waals surface area contributed by atoms with E-state index in [9.17, 15) is 0 Å². The Morgan fingerprint density at radius 1 is 1.00 bits per heavy atom. The van der Waals surface area contributed by atoms with Crippen LogP contribution in [0.5, 0.6) is 0 Å². The molecule has 0 radical (unpaired) electrons. The molecule has 0 aliphatic carbocycles. The van der Waals surface area contributed by atoms with Crippen molar-refractivity contribution in [2.24, 2.45) is 0 Å². The van der Waals surface area contributed by atoms with E-state index in [4.69, 9.17) is 4.79 Å². The molecule has 0 aliphatic rings. The molecule has 0 heterocycles. The second-order valence-corrected chi connectivity index (χ2v) is 0. The minimum absolute atomic E-state index is 0. The van der Waals surface area contributed by atoms with Crippen LogP contribution in [0.2, 0.25) is 0 Å². The van der Waals surface area contributed by atoms with Gasteiger partial charge < -0.3 is 15.7 Å². The molecule has 0 atom stereocenters. The van der Waals surface area contributed by atoms with Crippen LogP contribution in [0, 0.1) is 0 Å². The Labute approximate surface area is 44.9 Å². The SMILES string of the molecule is O.O.[CH-]=O.[Ti]. The molecule has 0 unspecified atom stereocenters. The average Bonchev–Trinajstić information content (AvgIpc) is 1.00. The van der Waals surface area contributed by atoms with Crippen molar-refractivity contribution in [3.8, 4) is 0 Å². The average molecular weight is 113 g/mol. The summed E-state index contributed by atoms with van der Waals surface area (Å²) in [5, 5.41) is 0. The van der Waals surface area contributed by atoms with Crippen LogP contribution in [0.3, 0.4) is 0 Å². The molecule has 0 rings (SSSR count). The molecule has 3 nitrogen and oxygen atoms in total. The fraction of sp³-hybridized carbons (Fsp3) is 0. The van der Waals surface area contributed by atoms with Gasteiger partial charge in [-0.15, -0.1) is 0 Å². The summed E-state index contributed by atoms with van der Waals surface area (Å²) in [6.45, 7) is 3.25. The monoisotopic (exact) mass is 113 g/mol. The van der Waals surface area contributed by atoms with E-state index in [1.807, 2.05) is 0 Å². The van der Waals surface area contributed by atoms with Crippen molar-refractivity contribution in [3.05, 3.63) is 0 Å². The number of hydrogen-bond acceptors (Lipinski definition) is 1. The third-order valence-corrected chi connectivity index (χ3v) is 0. The molecule has 0 aromatic heterocycles. The van der Waals surface area contributed by atoms with Crippen molar-refractivity contribution in [3.63, 3.8) is 0 Å². The van der Waals surface area contributed by atoms with Gasteiger partial charge in [-0.1, -0.05) is 0 Å². The zero-order valence-corrected chi connectivity index (χ0v) is 4.05. The molecule has 4 heteroatoms. The molecule has 0 saturated carbocycles. The van der Waals surface area contributed by atoms with Gasteiger partial charge in [-0.05, 0) is 0 Å². The van der Waals surface area contributed by atoms with Crippen molar-refractivity contribution in [2.45, 2.75) is 0 Å². The fourth-order valence-corrected chi connectivity index (χ4v) is 0. The second-order valence-electron chi connectivity index (χ2n) is 0. The van der Waals surface area contributed by atoms with E-state index in [0.29, 0.717) is 0 Å². The first-order chi connectivity index (χ1) is 1.00. The van der Waals surface area contributed by atoms with E-state index in [1.165, 1.54) is 0 Å². The maximum atomic E-state index is 7.75. The van der Waals surface area contributed by atoms with Crippen molar-refractivity contribution in [2.75, 3.05) is 0 Å². The molecule has 4 N–H and O–H groups in total. The van der Waals surface area contributed by atoms with Gasteiger partial charge in [0.1, 0.15) is 0 Å². The Bertz CT molecular complexity index is 6.85. The van der Waals surface area contributed by atoms with E-state index in [2.05, 4.69) is 6.79 Å². The van der Waals surface area contributed by atoms with E-state index in [0.717, 1.165) is 0 Å². The summed E-state index contributed by atoms with van der Waals surface area (Å²) in [5.41, 5.74) is 0. The molecule has 32 valence electrons. The normalized spacial score (nSPS) is 0.800. The molecule has 0 fully saturated rings. The van der Waals surface area contributed by atoms with Crippen LogP contribution in [-0.4, -0.2) is 17.7 Å². The third kappa shape index (κ3) is 247. The molecule has 0 amide bonds.